The molecule has 10 heteroatoms. The molecule has 32 heavy (non-hydrogen) atoms. The van der Waals surface area contributed by atoms with Crippen molar-refractivity contribution < 1.29 is 22.7 Å². The van der Waals surface area contributed by atoms with E-state index in [0.29, 0.717) is 23.0 Å². The Morgan fingerprint density at radius 2 is 1.91 bits per heavy atom. The Balaban J connectivity index is 1.69. The maximum Gasteiger partial charge on any atom is 0.264 e. The van der Waals surface area contributed by atoms with Crippen LogP contribution in [-0.2, 0) is 19.6 Å². The summed E-state index contributed by atoms with van der Waals surface area (Å²) in [4.78, 5) is 15.0. The Hall–Kier alpha value is -2.33. The maximum absolute atomic E-state index is 13.4. The zero-order chi connectivity index (χ0) is 23.0. The van der Waals surface area contributed by atoms with Gasteiger partial charge >= 0.3 is 0 Å². The van der Waals surface area contributed by atoms with Gasteiger partial charge in [-0.05, 0) is 55.4 Å². The fraction of sp³-hybridized carbons (Fsp3) is 0.409. The number of nitrogens with zero attached hydrogens (tertiary/aromatic N) is 2. The normalized spacial score (nSPS) is 14.7. The molecule has 0 atom stereocenters. The molecule has 0 aliphatic carbocycles. The third-order valence-electron chi connectivity index (χ3n) is 5.11. The largest absolute Gasteiger partial charge is 0.497 e. The first-order chi connectivity index (χ1) is 15.4. The number of hydrogen-bond donors (Lipinski definition) is 1. The number of carbonyl (C=O) groups excluding carboxylic acids is 1. The lowest BCUT2D eigenvalue weighted by Crippen LogP contribution is -2.42. The summed E-state index contributed by atoms with van der Waals surface area (Å²) in [6.45, 7) is 4.18. The van der Waals surface area contributed by atoms with Gasteiger partial charge in [-0.3, -0.25) is 14.0 Å². The minimum atomic E-state index is -4.00. The Morgan fingerprint density at radius 1 is 1.19 bits per heavy atom. The fourth-order valence-electron chi connectivity index (χ4n) is 3.36. The van der Waals surface area contributed by atoms with Gasteiger partial charge in [0.2, 0.25) is 5.91 Å². The van der Waals surface area contributed by atoms with E-state index in [4.69, 9.17) is 21.1 Å². The van der Waals surface area contributed by atoms with Gasteiger partial charge in [-0.2, -0.15) is 0 Å². The second-order valence-electron chi connectivity index (χ2n) is 7.32. The average molecular weight is 482 g/mol. The van der Waals surface area contributed by atoms with Crippen molar-refractivity contribution in [2.24, 2.45) is 0 Å². The monoisotopic (exact) mass is 481 g/mol. The van der Waals surface area contributed by atoms with Gasteiger partial charge < -0.3 is 14.8 Å². The molecule has 1 aliphatic rings. The molecular formula is C22H28ClN3O5S. The van der Waals surface area contributed by atoms with Gasteiger partial charge in [0.1, 0.15) is 12.3 Å². The lowest BCUT2D eigenvalue weighted by molar-refractivity contribution is -0.119. The summed E-state index contributed by atoms with van der Waals surface area (Å²) in [5.41, 5.74) is 0.316. The lowest BCUT2D eigenvalue weighted by atomic mass is 10.3. The van der Waals surface area contributed by atoms with Gasteiger partial charge in [-0.1, -0.05) is 17.7 Å². The second-order valence-corrected chi connectivity index (χ2v) is 9.62. The topological polar surface area (TPSA) is 88.2 Å². The molecule has 0 radical (unpaired) electrons. The van der Waals surface area contributed by atoms with E-state index in [1.54, 1.807) is 30.3 Å². The first kappa shape index (κ1) is 24.3. The van der Waals surface area contributed by atoms with E-state index in [2.05, 4.69) is 10.2 Å². The van der Waals surface area contributed by atoms with Crippen molar-refractivity contribution in [3.05, 3.63) is 53.6 Å². The van der Waals surface area contributed by atoms with E-state index in [1.807, 2.05) is 0 Å². The second kappa shape index (κ2) is 11.5. The van der Waals surface area contributed by atoms with Crippen LogP contribution in [0, 0.1) is 0 Å². The van der Waals surface area contributed by atoms with Crippen LogP contribution in [0.5, 0.6) is 5.75 Å². The van der Waals surface area contributed by atoms with E-state index in [1.165, 1.54) is 25.3 Å². The average Bonchev–Trinajstić information content (AvgIpc) is 2.81. The van der Waals surface area contributed by atoms with Crippen molar-refractivity contribution in [3.63, 3.8) is 0 Å². The molecule has 8 nitrogen and oxygen atoms in total. The summed E-state index contributed by atoms with van der Waals surface area (Å²) >= 11 is 6.09. The number of hydrogen-bond acceptors (Lipinski definition) is 6. The zero-order valence-corrected chi connectivity index (χ0v) is 19.6. The summed E-state index contributed by atoms with van der Waals surface area (Å²) in [5.74, 6) is 0.153. The highest BCUT2D eigenvalue weighted by Crippen LogP contribution is 2.27. The predicted octanol–water partition coefficient (Wildman–Crippen LogP) is 2.38. The highest BCUT2D eigenvalue weighted by molar-refractivity contribution is 7.92. The molecule has 1 N–H and O–H groups in total. The lowest BCUT2D eigenvalue weighted by Gasteiger charge is -2.26. The number of rotatable bonds is 10. The van der Waals surface area contributed by atoms with E-state index in [-0.39, 0.29) is 17.3 Å². The van der Waals surface area contributed by atoms with Crippen LogP contribution in [0.4, 0.5) is 5.69 Å². The van der Waals surface area contributed by atoms with Crippen LogP contribution in [0.25, 0.3) is 0 Å². The number of ether oxygens (including phenoxy) is 2. The molecule has 1 fully saturated rings. The third-order valence-corrected chi connectivity index (χ3v) is 7.13. The fourth-order valence-corrected chi connectivity index (χ4v) is 4.96. The Kier molecular flexibility index (Phi) is 8.75. The van der Waals surface area contributed by atoms with Crippen molar-refractivity contribution in [3.8, 4) is 5.75 Å². The van der Waals surface area contributed by atoms with Crippen LogP contribution in [0.15, 0.2) is 53.4 Å². The van der Waals surface area contributed by atoms with Gasteiger partial charge in [0.25, 0.3) is 10.0 Å². The summed E-state index contributed by atoms with van der Waals surface area (Å²) in [7, 11) is -2.50. The molecule has 0 saturated carbocycles. The smallest absolute Gasteiger partial charge is 0.264 e. The first-order valence-corrected chi connectivity index (χ1v) is 12.2. The predicted molar refractivity (Wildman–Crippen MR) is 124 cm³/mol. The van der Waals surface area contributed by atoms with E-state index in [9.17, 15) is 13.2 Å². The van der Waals surface area contributed by atoms with Gasteiger partial charge in [-0.15, -0.1) is 0 Å². The third kappa shape index (κ3) is 6.59. The van der Waals surface area contributed by atoms with Crippen LogP contribution in [0.3, 0.4) is 0 Å². The van der Waals surface area contributed by atoms with E-state index in [0.717, 1.165) is 43.6 Å². The van der Waals surface area contributed by atoms with Gasteiger partial charge in [0.15, 0.2) is 0 Å². The summed E-state index contributed by atoms with van der Waals surface area (Å²) < 4.78 is 38.2. The summed E-state index contributed by atoms with van der Waals surface area (Å²) in [6, 6.07) is 12.5. The molecular weight excluding hydrogens is 454 g/mol. The quantitative estimate of drug-likeness (QED) is 0.524. The number of benzene rings is 2. The van der Waals surface area contributed by atoms with Crippen LogP contribution in [0.2, 0.25) is 5.02 Å². The number of anilines is 1. The molecule has 3 rings (SSSR count). The van der Waals surface area contributed by atoms with E-state index >= 15 is 0 Å². The molecule has 0 unspecified atom stereocenters. The van der Waals surface area contributed by atoms with Gasteiger partial charge in [-0.25, -0.2) is 8.42 Å². The zero-order valence-electron chi connectivity index (χ0n) is 18.0. The summed E-state index contributed by atoms with van der Waals surface area (Å²) in [6.07, 6.45) is 0.772. The van der Waals surface area contributed by atoms with Crippen LogP contribution in [0.1, 0.15) is 6.42 Å². The van der Waals surface area contributed by atoms with E-state index < -0.39 is 10.0 Å². The SMILES string of the molecule is COc1ccc(S(=O)(=O)N(CC(=O)NCCCN2CCOCC2)c2cccc(Cl)c2)cc1. The number of amides is 1. The maximum atomic E-state index is 13.4. The van der Waals surface area contributed by atoms with Gasteiger partial charge in [0.05, 0.1) is 30.9 Å². The minimum absolute atomic E-state index is 0.0541. The van der Waals surface area contributed by atoms with Crippen molar-refractivity contribution in [2.75, 3.05) is 57.4 Å². The highest BCUT2D eigenvalue weighted by atomic mass is 35.5. The Morgan fingerprint density at radius 3 is 2.56 bits per heavy atom. The molecule has 0 aromatic heterocycles. The first-order valence-electron chi connectivity index (χ1n) is 10.4. The van der Waals surface area contributed by atoms with Crippen molar-refractivity contribution in [1.82, 2.24) is 10.2 Å². The van der Waals surface area contributed by atoms with Crippen LogP contribution < -0.4 is 14.4 Å². The molecule has 2 aromatic carbocycles. The number of morpholine rings is 1. The number of halogens is 1. The molecule has 1 amide bonds. The number of methoxy groups -OCH3 is 1. The van der Waals surface area contributed by atoms with Crippen LogP contribution in [-0.4, -0.2) is 72.3 Å². The molecule has 174 valence electrons. The standard InChI is InChI=1S/C22H28ClN3O5S/c1-30-20-6-8-21(9-7-20)32(28,29)26(19-5-2-4-18(23)16-19)17-22(27)24-10-3-11-25-12-14-31-15-13-25/h2,4-9,16H,3,10-15,17H2,1H3,(H,24,27). The molecule has 0 spiro atoms. The molecule has 1 saturated heterocycles. The minimum Gasteiger partial charge on any atom is -0.497 e. The summed E-state index contributed by atoms with van der Waals surface area (Å²) in [5, 5.41) is 3.20. The van der Waals surface area contributed by atoms with Crippen LogP contribution >= 0.6 is 11.6 Å². The molecule has 0 bridgehead atoms. The molecule has 1 heterocycles. The van der Waals surface area contributed by atoms with Crippen molar-refractivity contribution >= 4 is 33.2 Å². The molecule has 1 aliphatic heterocycles. The Bertz CT molecular complexity index is 995. The Labute approximate surface area is 194 Å². The molecule has 2 aromatic rings. The van der Waals surface area contributed by atoms with Crippen molar-refractivity contribution in [1.29, 1.82) is 0 Å². The van der Waals surface area contributed by atoms with Crippen molar-refractivity contribution in [2.45, 2.75) is 11.3 Å². The highest BCUT2D eigenvalue weighted by Gasteiger charge is 2.27. The number of sulfonamides is 1. The number of nitrogens with one attached hydrogen (secondary N) is 1. The van der Waals surface area contributed by atoms with Gasteiger partial charge in [0, 0.05) is 24.7 Å². The number of carbonyl (C=O) groups is 1.